The molecule has 1 atom stereocenters. The second-order valence-electron chi connectivity index (χ2n) is 6.70. The van der Waals surface area contributed by atoms with Gasteiger partial charge in [0.1, 0.15) is 17.1 Å². The van der Waals surface area contributed by atoms with E-state index in [1.54, 1.807) is 20.3 Å². The van der Waals surface area contributed by atoms with Gasteiger partial charge in [0.25, 0.3) is 0 Å². The number of carbonyl (C=O) groups is 1. The van der Waals surface area contributed by atoms with E-state index in [2.05, 4.69) is 5.16 Å². The number of ether oxygens (including phenoxy) is 3. The van der Waals surface area contributed by atoms with Gasteiger partial charge in [-0.3, -0.25) is 0 Å². The Morgan fingerprint density at radius 3 is 2.50 bits per heavy atom. The number of esters is 1. The fourth-order valence-corrected chi connectivity index (χ4v) is 3.29. The first kappa shape index (κ1) is 20.1. The summed E-state index contributed by atoms with van der Waals surface area (Å²) in [6, 6.07) is 3.61. The van der Waals surface area contributed by atoms with Gasteiger partial charge in [0.2, 0.25) is 0 Å². The molecule has 0 amide bonds. The van der Waals surface area contributed by atoms with Crippen molar-refractivity contribution in [2.24, 2.45) is 5.16 Å². The first-order valence-electron chi connectivity index (χ1n) is 9.24. The van der Waals surface area contributed by atoms with Crippen LogP contribution in [-0.4, -0.2) is 37.2 Å². The van der Waals surface area contributed by atoms with Crippen LogP contribution in [0.15, 0.2) is 17.3 Å². The molecule has 1 heterocycles. The van der Waals surface area contributed by atoms with Crippen molar-refractivity contribution in [1.82, 2.24) is 0 Å². The highest BCUT2D eigenvalue weighted by Gasteiger charge is 2.22. The number of hydrogen-bond acceptors (Lipinski definition) is 6. The minimum Gasteiger partial charge on any atom is -0.497 e. The van der Waals surface area contributed by atoms with Crippen LogP contribution in [0.3, 0.4) is 0 Å². The van der Waals surface area contributed by atoms with Crippen molar-refractivity contribution in [2.75, 3.05) is 14.2 Å². The molecule has 1 N–H and O–H groups in total. The van der Waals surface area contributed by atoms with E-state index < -0.39 is 0 Å². The summed E-state index contributed by atoms with van der Waals surface area (Å²) in [4.78, 5) is 12.8. The lowest BCUT2D eigenvalue weighted by Crippen LogP contribution is -2.18. The molecule has 0 spiro atoms. The molecule has 1 aromatic carbocycles. The van der Waals surface area contributed by atoms with E-state index >= 15 is 0 Å². The van der Waals surface area contributed by atoms with Gasteiger partial charge in [-0.15, -0.1) is 0 Å². The Balaban J connectivity index is 2.30. The van der Waals surface area contributed by atoms with Crippen molar-refractivity contribution in [3.8, 4) is 11.5 Å². The van der Waals surface area contributed by atoms with Crippen molar-refractivity contribution in [3.63, 3.8) is 0 Å². The van der Waals surface area contributed by atoms with Gasteiger partial charge in [-0.1, -0.05) is 11.6 Å². The predicted octanol–water partition coefficient (Wildman–Crippen LogP) is 4.37. The van der Waals surface area contributed by atoms with Crippen LogP contribution in [0.5, 0.6) is 11.5 Å². The van der Waals surface area contributed by atoms with E-state index in [0.29, 0.717) is 17.1 Å². The third-order valence-corrected chi connectivity index (χ3v) is 4.75. The number of benzene rings is 1. The number of oxime groups is 1. The van der Waals surface area contributed by atoms with E-state index in [9.17, 15) is 4.79 Å². The molecular weight excluding hydrogens is 334 g/mol. The zero-order valence-electron chi connectivity index (χ0n) is 15.9. The summed E-state index contributed by atoms with van der Waals surface area (Å²) in [6.07, 6.45) is 6.47. The van der Waals surface area contributed by atoms with E-state index in [0.717, 1.165) is 62.6 Å². The van der Waals surface area contributed by atoms with Crippen molar-refractivity contribution < 1.29 is 24.2 Å². The molecular formula is C20H29NO5. The van der Waals surface area contributed by atoms with Gasteiger partial charge in [0.15, 0.2) is 0 Å². The minimum atomic E-state index is -0.361. The quantitative estimate of drug-likeness (QED) is 0.480. The van der Waals surface area contributed by atoms with Gasteiger partial charge in [0, 0.05) is 6.07 Å². The summed E-state index contributed by atoms with van der Waals surface area (Å²) in [5.41, 5.74) is 2.20. The molecule has 0 saturated heterocycles. The molecule has 144 valence electrons. The second kappa shape index (κ2) is 10.0. The van der Waals surface area contributed by atoms with Crippen LogP contribution in [-0.2, 0) is 11.2 Å². The molecule has 26 heavy (non-hydrogen) atoms. The Morgan fingerprint density at radius 2 is 1.81 bits per heavy atom. The Morgan fingerprint density at radius 1 is 1.08 bits per heavy atom. The van der Waals surface area contributed by atoms with Gasteiger partial charge in [-0.25, -0.2) is 4.79 Å². The Labute approximate surface area is 155 Å². The smallest absolute Gasteiger partial charge is 0.342 e. The van der Waals surface area contributed by atoms with Crippen LogP contribution in [0.1, 0.15) is 67.8 Å². The zero-order chi connectivity index (χ0) is 18.9. The topological polar surface area (TPSA) is 77.4 Å². The molecule has 2 rings (SSSR count). The van der Waals surface area contributed by atoms with E-state index in [1.165, 1.54) is 0 Å². The van der Waals surface area contributed by atoms with Gasteiger partial charge in [-0.2, -0.15) is 0 Å². The number of rotatable bonds is 2. The van der Waals surface area contributed by atoms with Crippen LogP contribution in [0.2, 0.25) is 0 Å². The van der Waals surface area contributed by atoms with Crippen LogP contribution in [0.4, 0.5) is 0 Å². The zero-order valence-corrected chi connectivity index (χ0v) is 15.9. The number of fused-ring (bicyclic) bond motifs is 1. The third kappa shape index (κ3) is 5.38. The number of methoxy groups -OCH3 is 2. The molecule has 0 unspecified atom stereocenters. The summed E-state index contributed by atoms with van der Waals surface area (Å²) < 4.78 is 16.4. The molecule has 0 fully saturated rings. The van der Waals surface area contributed by atoms with Gasteiger partial charge in [0.05, 0.1) is 26.0 Å². The van der Waals surface area contributed by atoms with E-state index in [1.807, 2.05) is 13.0 Å². The number of aryl methyl sites for hydroxylation is 1. The van der Waals surface area contributed by atoms with Crippen LogP contribution >= 0.6 is 0 Å². The maximum atomic E-state index is 12.8. The summed E-state index contributed by atoms with van der Waals surface area (Å²) in [5, 5.41) is 12.5. The molecule has 0 aromatic heterocycles. The van der Waals surface area contributed by atoms with Crippen LogP contribution in [0, 0.1) is 0 Å². The number of carbonyl (C=O) groups excluding carboxylic acids is 1. The van der Waals surface area contributed by atoms with Gasteiger partial charge < -0.3 is 19.4 Å². The summed E-state index contributed by atoms with van der Waals surface area (Å²) >= 11 is 0. The third-order valence-electron chi connectivity index (χ3n) is 4.75. The largest absolute Gasteiger partial charge is 0.497 e. The maximum absolute atomic E-state index is 12.8. The molecule has 1 aromatic rings. The number of nitrogens with zero attached hydrogens (tertiary/aromatic N) is 1. The second-order valence-corrected chi connectivity index (χ2v) is 6.70. The highest BCUT2D eigenvalue weighted by Crippen LogP contribution is 2.31. The lowest BCUT2D eigenvalue weighted by molar-refractivity contribution is 0.0317. The maximum Gasteiger partial charge on any atom is 0.342 e. The first-order chi connectivity index (χ1) is 12.6. The molecule has 0 bridgehead atoms. The summed E-state index contributed by atoms with van der Waals surface area (Å²) in [7, 11) is 3.15. The minimum absolute atomic E-state index is 0.218. The van der Waals surface area contributed by atoms with Crippen LogP contribution in [0.25, 0.3) is 0 Å². The molecule has 0 saturated carbocycles. The lowest BCUT2D eigenvalue weighted by Gasteiger charge is -2.19. The van der Waals surface area contributed by atoms with Gasteiger partial charge in [-0.05, 0) is 63.5 Å². The number of hydrogen-bond donors (Lipinski definition) is 1. The molecule has 6 nitrogen and oxygen atoms in total. The normalized spacial score (nSPS) is 21.4. The molecule has 1 aliphatic rings. The van der Waals surface area contributed by atoms with E-state index in [4.69, 9.17) is 19.4 Å². The van der Waals surface area contributed by atoms with Gasteiger partial charge >= 0.3 is 5.97 Å². The average molecular weight is 363 g/mol. The molecule has 1 aliphatic heterocycles. The summed E-state index contributed by atoms with van der Waals surface area (Å²) in [5.74, 6) is 0.788. The van der Waals surface area contributed by atoms with Crippen molar-refractivity contribution >= 4 is 11.7 Å². The SMILES string of the molecule is COc1cc2c(c(OC)c1)C(=O)O[C@@H](C)CCC/C(=N/O)CCCCC2. The fraction of sp³-hybridized carbons (Fsp3) is 0.600. The summed E-state index contributed by atoms with van der Waals surface area (Å²) in [6.45, 7) is 1.88. The lowest BCUT2D eigenvalue weighted by atomic mass is 9.98. The van der Waals surface area contributed by atoms with Crippen molar-refractivity contribution in [1.29, 1.82) is 0 Å². The Kier molecular flexibility index (Phi) is 7.75. The molecule has 6 heteroatoms. The highest BCUT2D eigenvalue weighted by molar-refractivity contribution is 5.94. The molecule has 0 radical (unpaired) electrons. The standard InChI is InChI=1S/C20H29NO5/c1-14-8-7-11-16(21-23)10-6-4-5-9-15-12-17(24-2)13-18(25-3)19(15)20(22)26-14/h12-14,23H,4-11H2,1-3H3/b21-16+/t14-/m0/s1. The van der Waals surface area contributed by atoms with Crippen molar-refractivity contribution in [2.45, 2.75) is 64.4 Å². The highest BCUT2D eigenvalue weighted by atomic mass is 16.5. The Hall–Kier alpha value is -2.24. The molecule has 0 aliphatic carbocycles. The van der Waals surface area contributed by atoms with E-state index in [-0.39, 0.29) is 12.1 Å². The average Bonchev–Trinajstić information content (AvgIpc) is 2.64. The Bertz CT molecular complexity index is 641. The predicted molar refractivity (Wildman–Crippen MR) is 99.7 cm³/mol. The first-order valence-corrected chi connectivity index (χ1v) is 9.24. The monoisotopic (exact) mass is 363 g/mol. The van der Waals surface area contributed by atoms with Crippen LogP contribution < -0.4 is 9.47 Å². The number of cyclic esters (lactones) is 1. The fourth-order valence-electron chi connectivity index (χ4n) is 3.29. The van der Waals surface area contributed by atoms with Crippen molar-refractivity contribution in [3.05, 3.63) is 23.3 Å².